The minimum absolute atomic E-state index is 0.0470. The number of nitrogens with two attached hydrogens (primary N) is 1. The summed E-state index contributed by atoms with van der Waals surface area (Å²) in [7, 11) is 0. The van der Waals surface area contributed by atoms with Crippen LogP contribution in [0.25, 0.3) is 5.82 Å². The van der Waals surface area contributed by atoms with E-state index in [-0.39, 0.29) is 5.84 Å². The first-order chi connectivity index (χ1) is 8.95. The van der Waals surface area contributed by atoms with Crippen molar-refractivity contribution in [3.63, 3.8) is 0 Å². The fourth-order valence-electron chi connectivity index (χ4n) is 2.07. The van der Waals surface area contributed by atoms with Gasteiger partial charge >= 0.3 is 0 Å². The molecule has 2 aromatic rings. The van der Waals surface area contributed by atoms with Crippen LogP contribution >= 0.6 is 0 Å². The SMILES string of the molecule is Cc1cc(C)c(C(N)=NO)c(-n2cnc(C)c2C)n1. The second kappa shape index (κ2) is 4.72. The van der Waals surface area contributed by atoms with E-state index in [0.717, 1.165) is 22.6 Å². The number of hydrogen-bond acceptors (Lipinski definition) is 4. The minimum atomic E-state index is 0.0470. The van der Waals surface area contributed by atoms with Crippen LogP contribution in [0.3, 0.4) is 0 Å². The van der Waals surface area contributed by atoms with Crippen molar-refractivity contribution in [2.24, 2.45) is 10.9 Å². The zero-order chi connectivity index (χ0) is 14.2. The lowest BCUT2D eigenvalue weighted by molar-refractivity contribution is 0.318. The molecule has 0 saturated heterocycles. The number of oxime groups is 1. The summed E-state index contributed by atoms with van der Waals surface area (Å²) >= 11 is 0. The van der Waals surface area contributed by atoms with E-state index >= 15 is 0 Å². The number of imidazole rings is 1. The van der Waals surface area contributed by atoms with Crippen LogP contribution in [0.5, 0.6) is 0 Å². The van der Waals surface area contributed by atoms with Crippen LogP contribution in [0, 0.1) is 27.7 Å². The monoisotopic (exact) mass is 259 g/mol. The number of nitrogens with zero attached hydrogens (tertiary/aromatic N) is 4. The van der Waals surface area contributed by atoms with Crippen molar-refractivity contribution in [2.45, 2.75) is 27.7 Å². The predicted molar refractivity (Wildman–Crippen MR) is 72.8 cm³/mol. The molecule has 0 aliphatic heterocycles. The van der Waals surface area contributed by atoms with Crippen LogP contribution in [0.1, 0.15) is 28.2 Å². The van der Waals surface area contributed by atoms with Gasteiger partial charge < -0.3 is 10.9 Å². The highest BCUT2D eigenvalue weighted by molar-refractivity contribution is 6.01. The third-order valence-corrected chi connectivity index (χ3v) is 3.17. The molecule has 0 atom stereocenters. The molecule has 0 spiro atoms. The molecule has 6 nitrogen and oxygen atoms in total. The number of hydrogen-bond donors (Lipinski definition) is 2. The normalized spacial score (nSPS) is 11.9. The van der Waals surface area contributed by atoms with Crippen LogP contribution in [0.2, 0.25) is 0 Å². The lowest BCUT2D eigenvalue weighted by atomic mass is 10.1. The smallest absolute Gasteiger partial charge is 0.174 e. The fraction of sp³-hybridized carbons (Fsp3) is 0.308. The summed E-state index contributed by atoms with van der Waals surface area (Å²) in [6.45, 7) is 7.70. The topological polar surface area (TPSA) is 89.3 Å². The summed E-state index contributed by atoms with van der Waals surface area (Å²) in [6, 6.07) is 1.90. The van der Waals surface area contributed by atoms with Crippen molar-refractivity contribution in [2.75, 3.05) is 0 Å². The Morgan fingerprint density at radius 1 is 1.32 bits per heavy atom. The summed E-state index contributed by atoms with van der Waals surface area (Å²) < 4.78 is 1.85. The van der Waals surface area contributed by atoms with Crippen LogP contribution in [0.15, 0.2) is 17.5 Å². The Morgan fingerprint density at radius 3 is 2.53 bits per heavy atom. The minimum Gasteiger partial charge on any atom is -0.409 e. The molecule has 0 aliphatic carbocycles. The van der Waals surface area contributed by atoms with Crippen LogP contribution in [-0.4, -0.2) is 25.6 Å². The average Bonchev–Trinajstić information content (AvgIpc) is 2.68. The molecule has 0 aromatic carbocycles. The standard InChI is InChI=1S/C13H17N5O/c1-7-5-8(2)16-13(11(7)12(14)17-19)18-6-15-9(3)10(18)4/h5-6,19H,1-4H3,(H2,14,17). The molecule has 0 bridgehead atoms. The van der Waals surface area contributed by atoms with E-state index in [1.165, 1.54) is 0 Å². The summed E-state index contributed by atoms with van der Waals surface area (Å²) in [5.74, 6) is 0.677. The molecule has 2 heterocycles. The maximum Gasteiger partial charge on any atom is 0.174 e. The van der Waals surface area contributed by atoms with Crippen molar-refractivity contribution in [3.8, 4) is 5.82 Å². The highest BCUT2D eigenvalue weighted by Gasteiger charge is 2.16. The van der Waals surface area contributed by atoms with Crippen molar-refractivity contribution in [1.29, 1.82) is 0 Å². The number of rotatable bonds is 2. The van der Waals surface area contributed by atoms with Crippen molar-refractivity contribution in [1.82, 2.24) is 14.5 Å². The molecule has 0 fully saturated rings. The lowest BCUT2D eigenvalue weighted by Gasteiger charge is -2.13. The quantitative estimate of drug-likeness (QED) is 0.371. The van der Waals surface area contributed by atoms with Gasteiger partial charge in [-0.2, -0.15) is 0 Å². The molecule has 6 heteroatoms. The molecule has 0 radical (unpaired) electrons. The van der Waals surface area contributed by atoms with E-state index in [0.29, 0.717) is 11.4 Å². The molecule has 0 amide bonds. The highest BCUT2D eigenvalue weighted by atomic mass is 16.4. The zero-order valence-corrected chi connectivity index (χ0v) is 11.5. The second-order valence-corrected chi connectivity index (χ2v) is 4.55. The fourth-order valence-corrected chi connectivity index (χ4v) is 2.07. The van der Waals surface area contributed by atoms with Crippen LogP contribution in [0.4, 0.5) is 0 Å². The largest absolute Gasteiger partial charge is 0.409 e. The first kappa shape index (κ1) is 13.1. The van der Waals surface area contributed by atoms with E-state index in [2.05, 4.69) is 15.1 Å². The first-order valence-electron chi connectivity index (χ1n) is 5.92. The maximum atomic E-state index is 8.94. The third kappa shape index (κ3) is 2.16. The van der Waals surface area contributed by atoms with Gasteiger partial charge in [0.1, 0.15) is 12.1 Å². The Bertz CT molecular complexity index is 657. The van der Waals surface area contributed by atoms with Crippen LogP contribution in [-0.2, 0) is 0 Å². The predicted octanol–water partition coefficient (Wildman–Crippen LogP) is 1.60. The summed E-state index contributed by atoms with van der Waals surface area (Å²) in [4.78, 5) is 8.76. The maximum absolute atomic E-state index is 8.94. The Kier molecular flexibility index (Phi) is 3.25. The number of aryl methyl sites for hydroxylation is 3. The average molecular weight is 259 g/mol. The Balaban J connectivity index is 2.79. The van der Waals surface area contributed by atoms with E-state index in [9.17, 15) is 0 Å². The first-order valence-corrected chi connectivity index (χ1v) is 5.92. The summed E-state index contributed by atoms with van der Waals surface area (Å²) in [6.07, 6.45) is 1.69. The molecule has 0 saturated carbocycles. The van der Waals surface area contributed by atoms with Crippen LogP contribution < -0.4 is 5.73 Å². The second-order valence-electron chi connectivity index (χ2n) is 4.55. The molecule has 100 valence electrons. The third-order valence-electron chi connectivity index (χ3n) is 3.17. The van der Waals surface area contributed by atoms with E-state index in [4.69, 9.17) is 10.9 Å². The highest BCUT2D eigenvalue weighted by Crippen LogP contribution is 2.20. The van der Waals surface area contributed by atoms with E-state index in [1.807, 2.05) is 38.3 Å². The molecule has 0 unspecified atom stereocenters. The number of amidine groups is 1. The Morgan fingerprint density at radius 2 is 2.00 bits per heavy atom. The zero-order valence-electron chi connectivity index (χ0n) is 11.5. The molecule has 19 heavy (non-hydrogen) atoms. The number of pyridine rings is 1. The molecule has 3 N–H and O–H groups in total. The van der Waals surface area contributed by atoms with Crippen molar-refractivity contribution < 1.29 is 5.21 Å². The van der Waals surface area contributed by atoms with Gasteiger partial charge in [0.15, 0.2) is 5.84 Å². The van der Waals surface area contributed by atoms with Gasteiger partial charge in [-0.1, -0.05) is 5.16 Å². The van der Waals surface area contributed by atoms with Gasteiger partial charge in [-0.25, -0.2) is 9.97 Å². The molecular formula is C13H17N5O. The lowest BCUT2D eigenvalue weighted by Crippen LogP contribution is -2.19. The summed E-state index contributed by atoms with van der Waals surface area (Å²) in [5, 5.41) is 12.0. The number of aromatic nitrogens is 3. The van der Waals surface area contributed by atoms with Crippen molar-refractivity contribution in [3.05, 3.63) is 40.6 Å². The van der Waals surface area contributed by atoms with Crippen molar-refractivity contribution >= 4 is 5.84 Å². The molecule has 0 aliphatic rings. The molecular weight excluding hydrogens is 242 g/mol. The Labute approximate surface area is 111 Å². The Hall–Kier alpha value is -2.37. The van der Waals surface area contributed by atoms with Gasteiger partial charge in [0.2, 0.25) is 0 Å². The van der Waals surface area contributed by atoms with Gasteiger partial charge in [0.25, 0.3) is 0 Å². The van der Waals surface area contributed by atoms with E-state index < -0.39 is 0 Å². The molecule has 2 rings (SSSR count). The van der Waals surface area contributed by atoms with Gasteiger partial charge in [0, 0.05) is 11.4 Å². The summed E-state index contributed by atoms with van der Waals surface area (Å²) in [5.41, 5.74) is 10.1. The molecule has 2 aromatic heterocycles. The van der Waals surface area contributed by atoms with E-state index in [1.54, 1.807) is 6.33 Å². The van der Waals surface area contributed by atoms with Gasteiger partial charge in [0.05, 0.1) is 11.3 Å². The van der Waals surface area contributed by atoms with Gasteiger partial charge in [-0.15, -0.1) is 0 Å². The van der Waals surface area contributed by atoms with Gasteiger partial charge in [-0.05, 0) is 39.3 Å². The van der Waals surface area contributed by atoms with Gasteiger partial charge in [-0.3, -0.25) is 4.57 Å².